The lowest BCUT2D eigenvalue weighted by Gasteiger charge is -2.18. The van der Waals surface area contributed by atoms with Gasteiger partial charge >= 0.3 is 0 Å². The molecule has 1 aliphatic carbocycles. The molecule has 7 nitrogen and oxygen atoms in total. The van der Waals surface area contributed by atoms with E-state index in [1.54, 1.807) is 36.4 Å². The molecule has 0 bridgehead atoms. The summed E-state index contributed by atoms with van der Waals surface area (Å²) in [5, 5.41) is 7.59. The average Bonchev–Trinajstić information content (AvgIpc) is 3.53. The highest BCUT2D eigenvalue weighted by atomic mass is 35.5. The first-order valence-corrected chi connectivity index (χ1v) is 11.2. The van der Waals surface area contributed by atoms with Crippen molar-refractivity contribution in [2.75, 3.05) is 0 Å². The second-order valence-corrected chi connectivity index (χ2v) is 8.77. The van der Waals surface area contributed by atoms with Crippen LogP contribution < -0.4 is 11.1 Å². The molecule has 1 aliphatic rings. The zero-order chi connectivity index (χ0) is 23.5. The van der Waals surface area contributed by atoms with E-state index in [4.69, 9.17) is 17.3 Å². The van der Waals surface area contributed by atoms with E-state index in [0.717, 1.165) is 12.8 Å². The van der Waals surface area contributed by atoms with Gasteiger partial charge in [-0.05, 0) is 36.5 Å². The van der Waals surface area contributed by atoms with Crippen molar-refractivity contribution in [3.63, 3.8) is 0 Å². The van der Waals surface area contributed by atoms with Crippen molar-refractivity contribution in [3.05, 3.63) is 64.6 Å². The summed E-state index contributed by atoms with van der Waals surface area (Å²) in [5.41, 5.74) is 6.47. The third kappa shape index (κ3) is 5.39. The maximum Gasteiger partial charge on any atom is 0.269 e. The van der Waals surface area contributed by atoms with E-state index in [-0.39, 0.29) is 35.9 Å². The predicted molar refractivity (Wildman–Crippen MR) is 122 cm³/mol. The van der Waals surface area contributed by atoms with Crippen LogP contribution in [0.3, 0.4) is 0 Å². The molecule has 0 unspecified atom stereocenters. The van der Waals surface area contributed by atoms with Gasteiger partial charge in [0.1, 0.15) is 12.4 Å². The van der Waals surface area contributed by atoms with Crippen LogP contribution in [0.5, 0.6) is 0 Å². The van der Waals surface area contributed by atoms with Crippen LogP contribution in [-0.4, -0.2) is 33.4 Å². The van der Waals surface area contributed by atoms with Crippen LogP contribution in [0.25, 0.3) is 10.9 Å². The van der Waals surface area contributed by atoms with Crippen molar-refractivity contribution in [3.8, 4) is 0 Å². The molecule has 4 rings (SSSR count). The number of amides is 2. The molecule has 33 heavy (non-hydrogen) atoms. The molecular weight excluding hydrogens is 447 g/mol. The number of nitrogens with two attached hydrogens (primary N) is 1. The summed E-state index contributed by atoms with van der Waals surface area (Å²) in [6, 6.07) is 11.0. The Balaban J connectivity index is 1.44. The number of fused-ring (bicyclic) bond motifs is 1. The monoisotopic (exact) mass is 470 g/mol. The van der Waals surface area contributed by atoms with Crippen molar-refractivity contribution in [1.29, 1.82) is 0 Å². The molecule has 3 N–H and O–H groups in total. The van der Waals surface area contributed by atoms with Crippen LogP contribution in [0.4, 0.5) is 4.39 Å². The fourth-order valence-corrected chi connectivity index (χ4v) is 4.13. The SMILES string of the molecule is NC(=O)c1nn(CC(=O)N[C@@H](CC2CC2)C(=O)CCc2cccc(Cl)c2F)c2ccccc12. The van der Waals surface area contributed by atoms with Gasteiger partial charge in [-0.3, -0.25) is 19.1 Å². The Morgan fingerprint density at radius 3 is 2.67 bits per heavy atom. The standard InChI is InChI=1S/C24H24ClFN4O3/c25-17-6-3-4-15(22(17)26)10-11-20(31)18(12-14-8-9-14)28-21(32)13-30-19-7-2-1-5-16(19)23(29-30)24(27)33/h1-7,14,18H,8-13H2,(H2,27,33)(H,28,32)/t18-/m0/s1. The Hall–Kier alpha value is -3.26. The van der Waals surface area contributed by atoms with Gasteiger partial charge < -0.3 is 11.1 Å². The van der Waals surface area contributed by atoms with Crippen molar-refractivity contribution in [2.45, 2.75) is 44.7 Å². The second-order valence-electron chi connectivity index (χ2n) is 8.37. The Labute approximate surface area is 195 Å². The van der Waals surface area contributed by atoms with Gasteiger partial charge in [0.2, 0.25) is 5.91 Å². The molecule has 2 amide bonds. The minimum Gasteiger partial charge on any atom is -0.364 e. The lowest BCUT2D eigenvalue weighted by molar-refractivity contribution is -0.128. The highest BCUT2D eigenvalue weighted by Crippen LogP contribution is 2.34. The number of halogens is 2. The highest BCUT2D eigenvalue weighted by Gasteiger charge is 2.30. The summed E-state index contributed by atoms with van der Waals surface area (Å²) in [7, 11) is 0. The lowest BCUT2D eigenvalue weighted by atomic mass is 9.99. The smallest absolute Gasteiger partial charge is 0.269 e. The van der Waals surface area contributed by atoms with E-state index in [0.29, 0.717) is 28.8 Å². The number of ketones is 1. The van der Waals surface area contributed by atoms with Crippen LogP contribution >= 0.6 is 11.6 Å². The Morgan fingerprint density at radius 2 is 1.94 bits per heavy atom. The first-order chi connectivity index (χ1) is 15.8. The summed E-state index contributed by atoms with van der Waals surface area (Å²) < 4.78 is 15.6. The Kier molecular flexibility index (Phi) is 6.74. The molecule has 1 aromatic heterocycles. The number of primary amides is 1. The fourth-order valence-electron chi connectivity index (χ4n) is 3.94. The average molecular weight is 471 g/mol. The number of rotatable bonds is 10. The van der Waals surface area contributed by atoms with E-state index in [1.165, 1.54) is 10.7 Å². The Bertz CT molecular complexity index is 1220. The molecular formula is C24H24ClFN4O3. The normalized spacial score (nSPS) is 14.2. The molecule has 1 heterocycles. The number of nitrogens with one attached hydrogen (secondary N) is 1. The third-order valence-corrected chi connectivity index (χ3v) is 6.14. The molecule has 1 fully saturated rings. The molecule has 0 aliphatic heterocycles. The van der Waals surface area contributed by atoms with Gasteiger partial charge in [0, 0.05) is 11.8 Å². The van der Waals surface area contributed by atoms with Crippen LogP contribution in [0, 0.1) is 11.7 Å². The van der Waals surface area contributed by atoms with Crippen molar-refractivity contribution in [2.24, 2.45) is 11.7 Å². The predicted octanol–water partition coefficient (Wildman–Crippen LogP) is 3.41. The van der Waals surface area contributed by atoms with Gasteiger partial charge in [-0.1, -0.05) is 54.8 Å². The maximum atomic E-state index is 14.2. The largest absolute Gasteiger partial charge is 0.364 e. The summed E-state index contributed by atoms with van der Waals surface area (Å²) in [6.07, 6.45) is 2.89. The molecule has 0 spiro atoms. The maximum absolute atomic E-state index is 14.2. The highest BCUT2D eigenvalue weighted by molar-refractivity contribution is 6.30. The first-order valence-electron chi connectivity index (χ1n) is 10.8. The van der Waals surface area contributed by atoms with Gasteiger partial charge in [-0.25, -0.2) is 4.39 Å². The summed E-state index contributed by atoms with van der Waals surface area (Å²) >= 11 is 5.82. The Morgan fingerprint density at radius 1 is 1.18 bits per heavy atom. The summed E-state index contributed by atoms with van der Waals surface area (Å²) in [5.74, 6) is -1.36. The number of para-hydroxylation sites is 1. The van der Waals surface area contributed by atoms with E-state index in [9.17, 15) is 18.8 Å². The summed E-state index contributed by atoms with van der Waals surface area (Å²) in [4.78, 5) is 37.4. The summed E-state index contributed by atoms with van der Waals surface area (Å²) in [6.45, 7) is -0.162. The number of carbonyl (C=O) groups is 3. The molecule has 1 atom stereocenters. The van der Waals surface area contributed by atoms with Crippen molar-refractivity contribution >= 4 is 40.1 Å². The lowest BCUT2D eigenvalue weighted by Crippen LogP contribution is -2.43. The molecule has 172 valence electrons. The first kappa shape index (κ1) is 22.9. The number of carbonyl (C=O) groups excluding carboxylic acids is 3. The number of benzene rings is 2. The molecule has 9 heteroatoms. The third-order valence-electron chi connectivity index (χ3n) is 5.85. The molecule has 0 saturated heterocycles. The molecule has 0 radical (unpaired) electrons. The number of nitrogens with zero attached hydrogens (tertiary/aromatic N) is 2. The number of aryl methyl sites for hydroxylation is 1. The van der Waals surface area contributed by atoms with Crippen molar-refractivity contribution < 1.29 is 18.8 Å². The van der Waals surface area contributed by atoms with Gasteiger partial charge in [-0.2, -0.15) is 5.10 Å². The van der Waals surface area contributed by atoms with Crippen LogP contribution in [0.15, 0.2) is 42.5 Å². The van der Waals surface area contributed by atoms with Crippen molar-refractivity contribution in [1.82, 2.24) is 15.1 Å². The second kappa shape index (κ2) is 9.70. The van der Waals surface area contributed by atoms with E-state index >= 15 is 0 Å². The van der Waals surface area contributed by atoms with Gasteiger partial charge in [-0.15, -0.1) is 0 Å². The van der Waals surface area contributed by atoms with E-state index in [1.807, 2.05) is 0 Å². The van der Waals surface area contributed by atoms with E-state index < -0.39 is 23.7 Å². The number of hydrogen-bond acceptors (Lipinski definition) is 4. The number of aromatic nitrogens is 2. The molecule has 1 saturated carbocycles. The molecule has 3 aromatic rings. The van der Waals surface area contributed by atoms with Crippen LogP contribution in [0.2, 0.25) is 5.02 Å². The van der Waals surface area contributed by atoms with Gasteiger partial charge in [0.05, 0.1) is 16.6 Å². The molecule has 2 aromatic carbocycles. The fraction of sp³-hybridized carbons (Fsp3) is 0.333. The zero-order valence-corrected chi connectivity index (χ0v) is 18.6. The van der Waals surface area contributed by atoms with Gasteiger partial charge in [0.25, 0.3) is 5.91 Å². The number of hydrogen-bond donors (Lipinski definition) is 2. The zero-order valence-electron chi connectivity index (χ0n) is 17.9. The minimum atomic E-state index is -0.680. The van der Waals surface area contributed by atoms with Crippen LogP contribution in [0.1, 0.15) is 41.7 Å². The van der Waals surface area contributed by atoms with Gasteiger partial charge in [0.15, 0.2) is 11.5 Å². The minimum absolute atomic E-state index is 0.0181. The quantitative estimate of drug-likeness (QED) is 0.473. The number of Topliss-reactive ketones (excluding diaryl/α,β-unsaturated/α-hetero) is 1. The topological polar surface area (TPSA) is 107 Å². The van der Waals surface area contributed by atoms with Crippen LogP contribution in [-0.2, 0) is 22.6 Å². The van der Waals surface area contributed by atoms with E-state index in [2.05, 4.69) is 10.4 Å².